The zero-order chi connectivity index (χ0) is 42.5. The quantitative estimate of drug-likeness (QED) is 0.0310. The molecule has 320 valence electrons. The number of nitrogens with two attached hydrogens (primary N) is 2. The largest absolute Gasteiger partial charge is 0.480 e. The van der Waals surface area contributed by atoms with Gasteiger partial charge in [0.1, 0.15) is 48.2 Å². The minimum absolute atomic E-state index is 0.0300. The van der Waals surface area contributed by atoms with E-state index in [0.717, 1.165) is 34.4 Å². The molecule has 3 aromatic heterocycles. The summed E-state index contributed by atoms with van der Waals surface area (Å²) in [6.45, 7) is -0.0600. The van der Waals surface area contributed by atoms with E-state index in [0.29, 0.717) is 0 Å². The summed E-state index contributed by atoms with van der Waals surface area (Å²) in [5, 5.41) is 42.5. The molecule has 2 fully saturated rings. The second-order valence-corrected chi connectivity index (χ2v) is 15.3. The maximum absolute atomic E-state index is 13.8. The molecule has 27 nitrogen and oxygen atoms in total. The van der Waals surface area contributed by atoms with Gasteiger partial charge in [0, 0.05) is 12.6 Å². The monoisotopic (exact) mass is 865 g/mol. The van der Waals surface area contributed by atoms with Gasteiger partial charge in [-0.1, -0.05) is 6.08 Å². The van der Waals surface area contributed by atoms with Gasteiger partial charge in [-0.25, -0.2) is 33.7 Å². The summed E-state index contributed by atoms with van der Waals surface area (Å²) in [6, 6.07) is -2.40. The normalized spacial score (nSPS) is 26.4. The van der Waals surface area contributed by atoms with Crippen LogP contribution in [0, 0.1) is 0 Å². The first-order valence-electron chi connectivity index (χ1n) is 17.0. The molecule has 0 saturated carbocycles. The van der Waals surface area contributed by atoms with E-state index in [9.17, 15) is 58.6 Å². The van der Waals surface area contributed by atoms with Crippen LogP contribution in [0.3, 0.4) is 0 Å². The number of aliphatic carboxylic acids is 1. The molecule has 2 aliphatic heterocycles. The Balaban J connectivity index is 1.48. The Morgan fingerprint density at radius 2 is 1.72 bits per heavy atom. The lowest BCUT2D eigenvalue weighted by Gasteiger charge is -2.37. The number of nitrogens with zero attached hydrogens (tertiary/aromatic N) is 7. The van der Waals surface area contributed by atoms with Crippen molar-refractivity contribution in [1.82, 2.24) is 34.0 Å². The lowest BCUT2D eigenvalue weighted by molar-refractivity contribution is -0.159. The summed E-state index contributed by atoms with van der Waals surface area (Å²) in [7, 11) is -10.7. The number of amides is 1. The van der Waals surface area contributed by atoms with E-state index in [-0.39, 0.29) is 42.2 Å². The van der Waals surface area contributed by atoms with Gasteiger partial charge in [-0.05, 0) is 12.5 Å². The first-order valence-corrected chi connectivity index (χ1v) is 20.0. The molecule has 29 heteroatoms. The fourth-order valence-corrected chi connectivity index (χ4v) is 7.59. The van der Waals surface area contributed by atoms with Gasteiger partial charge < -0.3 is 65.7 Å². The number of rotatable bonds is 20. The van der Waals surface area contributed by atoms with Crippen LogP contribution >= 0.6 is 15.6 Å². The fraction of sp³-hybridized carbons (Fsp3) is 0.552. The molecular formula is C29H41N9O18P2. The predicted octanol–water partition coefficient (Wildman–Crippen LogP) is -3.00. The van der Waals surface area contributed by atoms with Gasteiger partial charge in [0.25, 0.3) is 0 Å². The number of nitrogen functional groups attached to an aromatic ring is 2. The Bertz CT molecular complexity index is 2100. The second kappa shape index (κ2) is 18.7. The number of carbonyl (C=O) groups excluding carboxylic acids is 1. The third kappa shape index (κ3) is 10.3. The van der Waals surface area contributed by atoms with Crippen LogP contribution in [0.4, 0.5) is 11.6 Å². The highest BCUT2D eigenvalue weighted by Crippen LogP contribution is 2.50. The molecular weight excluding hydrogens is 824 g/mol. The van der Waals surface area contributed by atoms with Crippen molar-refractivity contribution in [1.29, 1.82) is 0 Å². The number of aliphatic hydroxyl groups is 3. The summed E-state index contributed by atoms with van der Waals surface area (Å²) in [5.41, 5.74) is 10.5. The SMILES string of the molecule is C=CCCC(=O)N(C1C(COP(=O)(O)O[C@H]2[C@@H](O)[C@H](n3ccc(N)nc3=O)O[C@@H]2COP(=O)(O)O)OC(n2cnc3c(N)ncnc32)C1O)[C@H](COCCO)C(=O)O. The predicted molar refractivity (Wildman–Crippen MR) is 191 cm³/mol. The van der Waals surface area contributed by atoms with Crippen molar-refractivity contribution in [2.45, 2.75) is 67.9 Å². The molecule has 5 rings (SSSR count). The van der Waals surface area contributed by atoms with E-state index in [2.05, 4.69) is 31.0 Å². The van der Waals surface area contributed by atoms with Gasteiger partial charge in [-0.15, -0.1) is 6.58 Å². The number of carboxylic acids is 1. The van der Waals surface area contributed by atoms with E-state index in [4.69, 9.17) is 34.7 Å². The number of phosphoric ester groups is 2. The smallest absolute Gasteiger partial charge is 0.472 e. The molecule has 11 N–H and O–H groups in total. The molecule has 2 saturated heterocycles. The number of allylic oxidation sites excluding steroid dienone is 1. The fourth-order valence-electron chi connectivity index (χ4n) is 6.28. The van der Waals surface area contributed by atoms with Crippen molar-refractivity contribution < 1.29 is 81.6 Å². The van der Waals surface area contributed by atoms with Crippen molar-refractivity contribution in [2.24, 2.45) is 0 Å². The van der Waals surface area contributed by atoms with Gasteiger partial charge in [0.2, 0.25) is 5.91 Å². The standard InChI is InChI=1S/C29H41N9O18P2/c1-2-3-4-18(40)38(14(28(43)44)9-51-8-7-39)20-15(54-26(21(20)41)37-13-34-19-24(31)32-12-33-25(19)37)10-53-58(49,50)56-23-16(11-52-57(46,47)48)55-27(22(23)42)36-6-5-17(30)35-29(36)45/h2,5-6,12-16,20-23,26-27,39,41-42H,1,3-4,7-11H2,(H,43,44)(H,49,50)(H2,30,35,45)(H2,31,32,33)(H2,46,47,48)/t14-,15?,16-,20?,21?,22-,23-,26?,27-/m1/s1. The van der Waals surface area contributed by atoms with Crippen LogP contribution < -0.4 is 17.2 Å². The lowest BCUT2D eigenvalue weighted by atomic mass is 10.0. The molecule has 5 unspecified atom stereocenters. The second-order valence-electron chi connectivity index (χ2n) is 12.6. The number of fused-ring (bicyclic) bond motifs is 1. The highest BCUT2D eigenvalue weighted by atomic mass is 31.2. The number of aliphatic hydroxyl groups excluding tert-OH is 3. The average molecular weight is 866 g/mol. The van der Waals surface area contributed by atoms with Gasteiger partial charge >= 0.3 is 27.3 Å². The van der Waals surface area contributed by atoms with Crippen molar-refractivity contribution in [3.05, 3.63) is 48.1 Å². The van der Waals surface area contributed by atoms with E-state index in [1.165, 1.54) is 10.6 Å². The minimum Gasteiger partial charge on any atom is -0.480 e. The Morgan fingerprint density at radius 1 is 1.03 bits per heavy atom. The summed E-state index contributed by atoms with van der Waals surface area (Å²) >= 11 is 0. The number of carbonyl (C=O) groups is 2. The van der Waals surface area contributed by atoms with Gasteiger partial charge in [0.05, 0.1) is 45.4 Å². The molecule has 10 atom stereocenters. The van der Waals surface area contributed by atoms with Gasteiger partial charge in [-0.2, -0.15) is 4.98 Å². The first kappa shape index (κ1) is 44.8. The van der Waals surface area contributed by atoms with Crippen molar-refractivity contribution in [2.75, 3.05) is 44.5 Å². The van der Waals surface area contributed by atoms with Crippen molar-refractivity contribution >= 4 is 50.3 Å². The topological polar surface area (TPSA) is 399 Å². The molecule has 2 aliphatic rings. The highest BCUT2D eigenvalue weighted by Gasteiger charge is 2.54. The summed E-state index contributed by atoms with van der Waals surface area (Å²) in [5.74, 6) is -2.72. The molecule has 0 aliphatic carbocycles. The van der Waals surface area contributed by atoms with Crippen LogP contribution in [0.2, 0.25) is 0 Å². The Hall–Kier alpha value is -4.31. The lowest BCUT2D eigenvalue weighted by Crippen LogP contribution is -2.59. The Kier molecular flexibility index (Phi) is 14.5. The third-order valence-corrected chi connectivity index (χ3v) is 10.3. The minimum atomic E-state index is -5.49. The molecule has 0 bridgehead atoms. The summed E-state index contributed by atoms with van der Waals surface area (Å²) in [6.07, 6.45) is -8.21. The van der Waals surface area contributed by atoms with Crippen molar-refractivity contribution in [3.63, 3.8) is 0 Å². The number of ether oxygens (including phenoxy) is 3. The summed E-state index contributed by atoms with van der Waals surface area (Å²) in [4.78, 5) is 84.9. The number of carboxylic acid groups (broad SMARTS) is 1. The maximum Gasteiger partial charge on any atom is 0.472 e. The molecule has 0 aromatic carbocycles. The number of imidazole rings is 1. The van der Waals surface area contributed by atoms with E-state index in [1.54, 1.807) is 0 Å². The van der Waals surface area contributed by atoms with E-state index in [1.807, 2.05) is 0 Å². The first-order chi connectivity index (χ1) is 27.4. The molecule has 5 heterocycles. The van der Waals surface area contributed by atoms with E-state index < -0.39 is 115 Å². The number of hydrogen-bond acceptors (Lipinski definition) is 20. The van der Waals surface area contributed by atoms with Crippen LogP contribution in [0.1, 0.15) is 25.3 Å². The van der Waals surface area contributed by atoms with Crippen LogP contribution in [0.15, 0.2) is 42.4 Å². The average Bonchev–Trinajstić information content (AvgIpc) is 3.81. The van der Waals surface area contributed by atoms with E-state index >= 15 is 0 Å². The number of anilines is 2. The number of aromatic nitrogens is 6. The highest BCUT2D eigenvalue weighted by molar-refractivity contribution is 7.47. The number of phosphoric acid groups is 2. The van der Waals surface area contributed by atoms with Gasteiger partial charge in [-0.3, -0.25) is 27.5 Å². The molecule has 3 aromatic rings. The van der Waals surface area contributed by atoms with Gasteiger partial charge in [0.15, 0.2) is 30.0 Å². The van der Waals surface area contributed by atoms with Crippen LogP contribution in [-0.4, -0.2) is 157 Å². The number of hydrogen-bond donors (Lipinski definition) is 9. The Morgan fingerprint density at radius 3 is 2.38 bits per heavy atom. The summed E-state index contributed by atoms with van der Waals surface area (Å²) < 4.78 is 58.9. The molecule has 1 amide bonds. The van der Waals surface area contributed by atoms with Crippen LogP contribution in [0.25, 0.3) is 11.2 Å². The van der Waals surface area contributed by atoms with Crippen molar-refractivity contribution in [3.8, 4) is 0 Å². The maximum atomic E-state index is 13.8. The molecule has 0 radical (unpaired) electrons. The van der Waals surface area contributed by atoms with Crippen LogP contribution in [0.5, 0.6) is 0 Å². The zero-order valence-corrected chi connectivity index (χ0v) is 31.8. The van der Waals surface area contributed by atoms with Crippen LogP contribution in [-0.2, 0) is 46.5 Å². The molecule has 58 heavy (non-hydrogen) atoms. The zero-order valence-electron chi connectivity index (χ0n) is 30.0. The molecule has 0 spiro atoms. The third-order valence-electron chi connectivity index (χ3n) is 8.80. The Labute approximate surface area is 326 Å².